The first-order chi connectivity index (χ1) is 18.9. The highest BCUT2D eigenvalue weighted by Gasteiger charge is 2.21. The highest BCUT2D eigenvalue weighted by atomic mass is 32.3. The Morgan fingerprint density at radius 3 is 0.897 bits per heavy atom. The van der Waals surface area contributed by atoms with E-state index in [1.54, 1.807) is 13.8 Å². The molecule has 0 aliphatic heterocycles. The van der Waals surface area contributed by atoms with Crippen LogP contribution in [0.3, 0.4) is 0 Å². The molecule has 0 saturated heterocycles. The second-order valence-corrected chi connectivity index (χ2v) is 12.5. The number of hydrogen-bond donors (Lipinski definition) is 0. The average molecular weight is 579 g/mol. The molecule has 6 nitrogen and oxygen atoms in total. The third-order valence-electron chi connectivity index (χ3n) is 7.21. The first kappa shape index (κ1) is 38.8. The van der Waals surface area contributed by atoms with Gasteiger partial charge in [0.05, 0.1) is 0 Å². The molecule has 0 aromatic heterocycles. The topological polar surface area (TPSA) is 71.1 Å². The van der Waals surface area contributed by atoms with Gasteiger partial charge >= 0.3 is 10.4 Å². The van der Waals surface area contributed by atoms with Crippen LogP contribution in [0.15, 0.2) is 0 Å². The lowest BCUT2D eigenvalue weighted by Gasteiger charge is -2.17. The molecule has 0 N–H and O–H groups in total. The van der Waals surface area contributed by atoms with Crippen molar-refractivity contribution in [3.8, 4) is 0 Å². The van der Waals surface area contributed by atoms with E-state index in [1.165, 1.54) is 128 Å². The molecule has 0 aliphatic carbocycles. The fourth-order valence-corrected chi connectivity index (χ4v) is 5.62. The molecule has 0 bridgehead atoms. The smallest absolute Gasteiger partial charge is 0.352 e. The van der Waals surface area contributed by atoms with E-state index in [4.69, 9.17) is 17.8 Å². The van der Waals surface area contributed by atoms with Crippen LogP contribution in [0.2, 0.25) is 0 Å². The van der Waals surface area contributed by atoms with E-state index < -0.39 is 23.0 Å². The largest absolute Gasteiger partial charge is 0.404 e. The summed E-state index contributed by atoms with van der Waals surface area (Å²) in [6.07, 6.45) is 28.9. The van der Waals surface area contributed by atoms with Gasteiger partial charge in [-0.15, -0.1) is 0 Å². The summed E-state index contributed by atoms with van der Waals surface area (Å²) in [5, 5.41) is 0. The van der Waals surface area contributed by atoms with Crippen molar-refractivity contribution < 1.29 is 26.3 Å². The predicted octanol–water partition coefficient (Wildman–Crippen LogP) is 10.4. The Bertz CT molecular complexity index is 539. The minimum absolute atomic E-state index is 0.485. The highest BCUT2D eigenvalue weighted by Crippen LogP contribution is 2.14. The Morgan fingerprint density at radius 1 is 0.410 bits per heavy atom. The molecule has 7 heteroatoms. The SMILES string of the molecule is CCCCCCCCCCCCCCOC(C)OS(=O)(=O)OC(C)OCCCCCCCCCCCCCC. The summed E-state index contributed by atoms with van der Waals surface area (Å²) in [5.74, 6) is 0. The van der Waals surface area contributed by atoms with E-state index in [1.807, 2.05) is 0 Å². The van der Waals surface area contributed by atoms with Crippen LogP contribution in [-0.2, 0) is 28.2 Å². The van der Waals surface area contributed by atoms with Crippen LogP contribution in [-0.4, -0.2) is 34.2 Å². The lowest BCUT2D eigenvalue weighted by atomic mass is 10.1. The molecule has 0 aliphatic rings. The van der Waals surface area contributed by atoms with Gasteiger partial charge in [0, 0.05) is 13.2 Å². The van der Waals surface area contributed by atoms with Crippen molar-refractivity contribution in [3.63, 3.8) is 0 Å². The fourth-order valence-electron chi connectivity index (χ4n) is 4.79. The predicted molar refractivity (Wildman–Crippen MR) is 164 cm³/mol. The van der Waals surface area contributed by atoms with Crippen molar-refractivity contribution in [2.75, 3.05) is 13.2 Å². The van der Waals surface area contributed by atoms with Crippen LogP contribution in [0, 0.1) is 0 Å². The van der Waals surface area contributed by atoms with Crippen LogP contribution in [0.1, 0.15) is 182 Å². The molecule has 0 heterocycles. The van der Waals surface area contributed by atoms with E-state index in [0.29, 0.717) is 13.2 Å². The van der Waals surface area contributed by atoms with Crippen LogP contribution in [0.25, 0.3) is 0 Å². The van der Waals surface area contributed by atoms with Crippen LogP contribution in [0.5, 0.6) is 0 Å². The second-order valence-electron chi connectivity index (χ2n) is 11.3. The molecular formula is C32H66O6S. The first-order valence-corrected chi connectivity index (χ1v) is 18.1. The summed E-state index contributed by atoms with van der Waals surface area (Å²) in [4.78, 5) is 0. The minimum Gasteiger partial charge on any atom is -0.352 e. The molecule has 0 saturated carbocycles. The van der Waals surface area contributed by atoms with Gasteiger partial charge in [0.2, 0.25) is 0 Å². The van der Waals surface area contributed by atoms with Crippen molar-refractivity contribution >= 4 is 10.4 Å². The summed E-state index contributed by atoms with van der Waals surface area (Å²) < 4.78 is 45.2. The van der Waals surface area contributed by atoms with E-state index >= 15 is 0 Å². The zero-order chi connectivity index (χ0) is 28.9. The molecule has 0 fully saturated rings. The van der Waals surface area contributed by atoms with Gasteiger partial charge in [-0.2, -0.15) is 8.42 Å². The quantitative estimate of drug-likeness (QED) is 0.0584. The van der Waals surface area contributed by atoms with Gasteiger partial charge in [-0.1, -0.05) is 155 Å². The first-order valence-electron chi connectivity index (χ1n) is 16.8. The summed E-state index contributed by atoms with van der Waals surface area (Å²) in [7, 11) is -4.17. The molecule has 0 aromatic rings. The number of unbranched alkanes of at least 4 members (excludes halogenated alkanes) is 22. The Kier molecular flexibility index (Phi) is 29.1. The summed E-state index contributed by atoms with van der Waals surface area (Å²) >= 11 is 0. The lowest BCUT2D eigenvalue weighted by Crippen LogP contribution is -2.25. The van der Waals surface area contributed by atoms with Gasteiger partial charge in [0.25, 0.3) is 0 Å². The van der Waals surface area contributed by atoms with Crippen LogP contribution >= 0.6 is 0 Å². The molecule has 0 radical (unpaired) electrons. The standard InChI is InChI=1S/C32H66O6S/c1-5-7-9-11-13-15-17-19-21-23-25-27-29-35-31(3)37-39(33,34)38-32(4)36-30-28-26-24-22-20-18-16-14-12-10-8-6-2/h31-32H,5-30H2,1-4H3. The molecule has 2 atom stereocenters. The van der Waals surface area contributed by atoms with Gasteiger partial charge in [-0.3, -0.25) is 0 Å². The van der Waals surface area contributed by atoms with Crippen molar-refractivity contribution in [2.24, 2.45) is 0 Å². The Balaban J connectivity index is 3.56. The van der Waals surface area contributed by atoms with Gasteiger partial charge in [-0.25, -0.2) is 8.37 Å². The normalized spacial score (nSPS) is 13.6. The maximum absolute atomic E-state index is 12.1. The second kappa shape index (κ2) is 29.3. The lowest BCUT2D eigenvalue weighted by molar-refractivity contribution is -0.100. The van der Waals surface area contributed by atoms with Crippen LogP contribution < -0.4 is 0 Å². The highest BCUT2D eigenvalue weighted by molar-refractivity contribution is 7.81. The van der Waals surface area contributed by atoms with E-state index in [0.717, 1.165) is 25.7 Å². The maximum atomic E-state index is 12.1. The van der Waals surface area contributed by atoms with E-state index in [2.05, 4.69) is 13.8 Å². The molecular weight excluding hydrogens is 512 g/mol. The summed E-state index contributed by atoms with van der Waals surface area (Å²) in [5.41, 5.74) is 0. The molecule has 236 valence electrons. The molecule has 39 heavy (non-hydrogen) atoms. The number of rotatable bonds is 32. The molecule has 0 aromatic carbocycles. The number of ether oxygens (including phenoxy) is 2. The van der Waals surface area contributed by atoms with Crippen molar-refractivity contribution in [3.05, 3.63) is 0 Å². The Labute approximate surface area is 244 Å². The monoisotopic (exact) mass is 578 g/mol. The Morgan fingerprint density at radius 2 is 0.641 bits per heavy atom. The average Bonchev–Trinajstić information content (AvgIpc) is 2.88. The zero-order valence-corrected chi connectivity index (χ0v) is 27.2. The third kappa shape index (κ3) is 30.6. The molecule has 0 rings (SSSR count). The van der Waals surface area contributed by atoms with Crippen LogP contribution in [0.4, 0.5) is 0 Å². The molecule has 2 unspecified atom stereocenters. The fraction of sp³-hybridized carbons (Fsp3) is 1.00. The molecule has 0 spiro atoms. The maximum Gasteiger partial charge on any atom is 0.404 e. The van der Waals surface area contributed by atoms with Gasteiger partial charge < -0.3 is 9.47 Å². The summed E-state index contributed by atoms with van der Waals surface area (Å²) in [6.45, 7) is 8.65. The summed E-state index contributed by atoms with van der Waals surface area (Å²) in [6, 6.07) is 0. The van der Waals surface area contributed by atoms with Crippen molar-refractivity contribution in [2.45, 2.75) is 194 Å². The van der Waals surface area contributed by atoms with Gasteiger partial charge in [-0.05, 0) is 26.7 Å². The minimum atomic E-state index is -4.17. The number of hydrogen-bond acceptors (Lipinski definition) is 6. The van der Waals surface area contributed by atoms with Crippen molar-refractivity contribution in [1.29, 1.82) is 0 Å². The Hall–Kier alpha value is -0.210. The zero-order valence-electron chi connectivity index (χ0n) is 26.4. The van der Waals surface area contributed by atoms with Gasteiger partial charge in [0.15, 0.2) is 12.6 Å². The van der Waals surface area contributed by atoms with Crippen molar-refractivity contribution in [1.82, 2.24) is 0 Å². The van der Waals surface area contributed by atoms with E-state index in [9.17, 15) is 8.42 Å². The van der Waals surface area contributed by atoms with Gasteiger partial charge in [0.1, 0.15) is 0 Å². The third-order valence-corrected chi connectivity index (χ3v) is 8.22. The molecule has 0 amide bonds. The van der Waals surface area contributed by atoms with E-state index in [-0.39, 0.29) is 0 Å².